The fourth-order valence-corrected chi connectivity index (χ4v) is 1.80. The normalized spacial score (nSPS) is 17.8. The second kappa shape index (κ2) is 4.59. The van der Waals surface area contributed by atoms with Crippen LogP contribution in [0.5, 0.6) is 11.6 Å². The van der Waals surface area contributed by atoms with Gasteiger partial charge in [-0.3, -0.25) is 0 Å². The molecule has 3 rings (SSSR count). The van der Waals surface area contributed by atoms with E-state index in [0.717, 1.165) is 6.61 Å². The van der Waals surface area contributed by atoms with Gasteiger partial charge in [0.2, 0.25) is 5.88 Å². The summed E-state index contributed by atoms with van der Waals surface area (Å²) in [7, 11) is 1.54. The van der Waals surface area contributed by atoms with Gasteiger partial charge in [-0.2, -0.15) is 0 Å². The minimum atomic E-state index is 0.162. The summed E-state index contributed by atoms with van der Waals surface area (Å²) < 4.78 is 15.8. The van der Waals surface area contributed by atoms with Gasteiger partial charge in [0.05, 0.1) is 30.5 Å². The topological polar surface area (TPSA) is 56.8 Å². The Kier molecular flexibility index (Phi) is 2.93. The molecular weight excluding hydrogens is 256 g/mol. The predicted molar refractivity (Wildman–Crippen MR) is 66.3 cm³/mol. The summed E-state index contributed by atoms with van der Waals surface area (Å²) in [5, 5.41) is 0.505. The lowest BCUT2D eigenvalue weighted by atomic mass is 10.2. The van der Waals surface area contributed by atoms with Crippen LogP contribution in [0.1, 0.15) is 0 Å². The van der Waals surface area contributed by atoms with Crippen LogP contribution in [0, 0.1) is 0 Å². The van der Waals surface area contributed by atoms with Gasteiger partial charge in [0.15, 0.2) is 5.75 Å². The number of hydrogen-bond acceptors (Lipinski definition) is 5. The number of rotatable bonds is 4. The molecule has 0 bridgehead atoms. The van der Waals surface area contributed by atoms with Crippen LogP contribution in [0.2, 0.25) is 5.02 Å². The Labute approximate surface area is 109 Å². The first-order valence-corrected chi connectivity index (χ1v) is 5.89. The molecule has 1 unspecified atom stereocenters. The molecule has 1 saturated heterocycles. The van der Waals surface area contributed by atoms with Gasteiger partial charge in [0.1, 0.15) is 18.2 Å². The zero-order valence-corrected chi connectivity index (χ0v) is 10.5. The Morgan fingerprint density at radius 1 is 1.50 bits per heavy atom. The summed E-state index contributed by atoms with van der Waals surface area (Å²) >= 11 is 6.13. The minimum Gasteiger partial charge on any atom is -0.487 e. The van der Waals surface area contributed by atoms with Crippen LogP contribution in [-0.2, 0) is 4.74 Å². The second-order valence-electron chi connectivity index (χ2n) is 3.92. The summed E-state index contributed by atoms with van der Waals surface area (Å²) in [6.45, 7) is 1.20. The molecule has 0 N–H and O–H groups in total. The summed E-state index contributed by atoms with van der Waals surface area (Å²) in [5.74, 6) is 0.952. The molecule has 1 atom stereocenters. The lowest BCUT2D eigenvalue weighted by Crippen LogP contribution is -2.05. The molecule has 1 aliphatic heterocycles. The van der Waals surface area contributed by atoms with Crippen molar-refractivity contribution in [1.29, 1.82) is 0 Å². The van der Waals surface area contributed by atoms with Gasteiger partial charge < -0.3 is 14.2 Å². The monoisotopic (exact) mass is 266 g/mol. The molecule has 2 aromatic rings. The Balaban J connectivity index is 2.03. The number of ether oxygens (including phenoxy) is 3. The molecule has 0 spiro atoms. The number of aromatic nitrogens is 2. The Morgan fingerprint density at radius 3 is 3.06 bits per heavy atom. The average Bonchev–Trinajstić information content (AvgIpc) is 3.21. The van der Waals surface area contributed by atoms with Crippen molar-refractivity contribution in [1.82, 2.24) is 9.97 Å². The van der Waals surface area contributed by atoms with E-state index < -0.39 is 0 Å². The van der Waals surface area contributed by atoms with E-state index >= 15 is 0 Å². The number of nitrogens with zero attached hydrogens (tertiary/aromatic N) is 2. The van der Waals surface area contributed by atoms with Gasteiger partial charge in [-0.1, -0.05) is 11.6 Å². The SMILES string of the molecule is COc1cnc2ccc(Cl)c(OCC3CO3)c2n1. The molecule has 94 valence electrons. The maximum absolute atomic E-state index is 6.13. The Bertz CT molecular complexity index is 587. The van der Waals surface area contributed by atoms with Crippen molar-refractivity contribution in [2.75, 3.05) is 20.3 Å². The van der Waals surface area contributed by atoms with Crippen LogP contribution in [0.25, 0.3) is 11.0 Å². The molecule has 0 aliphatic carbocycles. The minimum absolute atomic E-state index is 0.162. The van der Waals surface area contributed by atoms with Crippen LogP contribution in [-0.4, -0.2) is 36.4 Å². The van der Waals surface area contributed by atoms with Crippen molar-refractivity contribution in [2.45, 2.75) is 6.10 Å². The summed E-state index contributed by atoms with van der Waals surface area (Å²) in [6.07, 6.45) is 1.72. The van der Waals surface area contributed by atoms with E-state index in [-0.39, 0.29) is 6.10 Å². The average molecular weight is 267 g/mol. The molecule has 1 fully saturated rings. The second-order valence-corrected chi connectivity index (χ2v) is 4.33. The molecule has 1 aromatic carbocycles. The molecule has 6 heteroatoms. The first-order valence-electron chi connectivity index (χ1n) is 5.51. The first-order chi connectivity index (χ1) is 8.78. The fourth-order valence-electron chi connectivity index (χ4n) is 1.59. The highest BCUT2D eigenvalue weighted by Gasteiger charge is 2.24. The molecule has 0 radical (unpaired) electrons. The fraction of sp³-hybridized carbons (Fsp3) is 0.333. The lowest BCUT2D eigenvalue weighted by molar-refractivity contribution is 0.265. The quantitative estimate of drug-likeness (QED) is 0.793. The number of fused-ring (bicyclic) bond motifs is 1. The van der Waals surface area contributed by atoms with Gasteiger partial charge in [-0.25, -0.2) is 9.97 Å². The van der Waals surface area contributed by atoms with Gasteiger partial charge in [0.25, 0.3) is 0 Å². The molecule has 0 amide bonds. The lowest BCUT2D eigenvalue weighted by Gasteiger charge is -2.09. The van der Waals surface area contributed by atoms with Crippen LogP contribution in [0.4, 0.5) is 0 Å². The van der Waals surface area contributed by atoms with Gasteiger partial charge in [-0.15, -0.1) is 0 Å². The number of halogens is 1. The van der Waals surface area contributed by atoms with Crippen LogP contribution < -0.4 is 9.47 Å². The number of epoxide rings is 1. The van der Waals surface area contributed by atoms with E-state index in [1.807, 2.05) is 0 Å². The van der Waals surface area contributed by atoms with Crippen LogP contribution >= 0.6 is 11.6 Å². The van der Waals surface area contributed by atoms with E-state index in [1.54, 1.807) is 25.4 Å². The molecule has 5 nitrogen and oxygen atoms in total. The first kappa shape index (κ1) is 11.5. The third kappa shape index (κ3) is 2.19. The highest BCUT2D eigenvalue weighted by molar-refractivity contribution is 6.33. The summed E-state index contributed by atoms with van der Waals surface area (Å²) in [4.78, 5) is 8.56. The van der Waals surface area contributed by atoms with Crippen LogP contribution in [0.15, 0.2) is 18.3 Å². The van der Waals surface area contributed by atoms with Gasteiger partial charge in [0, 0.05) is 0 Å². The summed E-state index contributed by atoms with van der Waals surface area (Å²) in [5.41, 5.74) is 1.31. The third-order valence-corrected chi connectivity index (χ3v) is 2.92. The van der Waals surface area contributed by atoms with Crippen molar-refractivity contribution in [3.05, 3.63) is 23.4 Å². The third-order valence-electron chi connectivity index (χ3n) is 2.62. The van der Waals surface area contributed by atoms with Crippen molar-refractivity contribution >= 4 is 22.6 Å². The van der Waals surface area contributed by atoms with Crippen molar-refractivity contribution < 1.29 is 14.2 Å². The van der Waals surface area contributed by atoms with E-state index in [4.69, 9.17) is 25.8 Å². The van der Waals surface area contributed by atoms with E-state index in [1.165, 1.54) is 0 Å². The summed E-state index contributed by atoms with van der Waals surface area (Å²) in [6, 6.07) is 3.54. The van der Waals surface area contributed by atoms with Gasteiger partial charge >= 0.3 is 0 Å². The largest absolute Gasteiger partial charge is 0.487 e. The standard InChI is InChI=1S/C12H11ClN2O3/c1-16-10-4-14-9-3-2-8(13)12(11(9)15-10)18-6-7-5-17-7/h2-4,7H,5-6H2,1H3. The zero-order valence-electron chi connectivity index (χ0n) is 9.72. The van der Waals surface area contributed by atoms with Crippen LogP contribution in [0.3, 0.4) is 0 Å². The van der Waals surface area contributed by atoms with Crippen molar-refractivity contribution in [2.24, 2.45) is 0 Å². The smallest absolute Gasteiger partial charge is 0.232 e. The maximum Gasteiger partial charge on any atom is 0.232 e. The molecule has 2 heterocycles. The molecule has 0 saturated carbocycles. The number of benzene rings is 1. The maximum atomic E-state index is 6.13. The van der Waals surface area contributed by atoms with E-state index in [2.05, 4.69) is 9.97 Å². The Morgan fingerprint density at radius 2 is 2.33 bits per heavy atom. The van der Waals surface area contributed by atoms with E-state index in [0.29, 0.717) is 34.3 Å². The molecule has 1 aliphatic rings. The van der Waals surface area contributed by atoms with Gasteiger partial charge in [-0.05, 0) is 12.1 Å². The zero-order chi connectivity index (χ0) is 12.5. The molecule has 1 aromatic heterocycles. The molecule has 18 heavy (non-hydrogen) atoms. The predicted octanol–water partition coefficient (Wildman–Crippen LogP) is 2.07. The molecular formula is C12H11ClN2O3. The number of hydrogen-bond donors (Lipinski definition) is 0. The Hall–Kier alpha value is -1.59. The highest BCUT2D eigenvalue weighted by atomic mass is 35.5. The highest BCUT2D eigenvalue weighted by Crippen LogP contribution is 2.32. The van der Waals surface area contributed by atoms with E-state index in [9.17, 15) is 0 Å². The van der Waals surface area contributed by atoms with Crippen molar-refractivity contribution in [3.8, 4) is 11.6 Å². The van der Waals surface area contributed by atoms with Crippen molar-refractivity contribution in [3.63, 3.8) is 0 Å². The number of methoxy groups -OCH3 is 1.